The second-order valence-corrected chi connectivity index (χ2v) is 3.77. The maximum atomic E-state index is 11.0. The van der Waals surface area contributed by atoms with Crippen molar-refractivity contribution in [2.75, 3.05) is 0 Å². The fourth-order valence-corrected chi connectivity index (χ4v) is 1.74. The molecular weight excluding hydrogens is 206 g/mol. The largest absolute Gasteiger partial charge is 0.481 e. The monoisotopic (exact) mass is 219 g/mol. The smallest absolute Gasteiger partial charge is 0.311 e. The first-order valence-electron chi connectivity index (χ1n) is 5.16. The minimum atomic E-state index is -0.826. The summed E-state index contributed by atoms with van der Waals surface area (Å²) in [5, 5.41) is 13.3. The number of rotatable bonds is 3. The molecule has 2 aromatic heterocycles. The van der Waals surface area contributed by atoms with E-state index in [1.54, 1.807) is 16.9 Å². The number of aryl methyl sites for hydroxylation is 1. The van der Waals surface area contributed by atoms with Crippen molar-refractivity contribution in [3.63, 3.8) is 0 Å². The standard InChI is InChI=1S/C11H13N3O2/c1-3-9(11(15)16)8-5-12-10-4-7(2)13-14(10)6-8/h4-6,9H,3H2,1-2H3,(H,15,16). The van der Waals surface area contributed by atoms with Crippen LogP contribution in [0.3, 0.4) is 0 Å². The highest BCUT2D eigenvalue weighted by molar-refractivity contribution is 5.75. The first kappa shape index (κ1) is 10.6. The SMILES string of the molecule is CCC(C(=O)O)c1cnc2cc(C)nn2c1. The molecule has 2 aromatic rings. The summed E-state index contributed by atoms with van der Waals surface area (Å²) < 4.78 is 1.62. The Morgan fingerprint density at radius 3 is 3.00 bits per heavy atom. The Kier molecular flexibility index (Phi) is 2.60. The minimum Gasteiger partial charge on any atom is -0.481 e. The summed E-state index contributed by atoms with van der Waals surface area (Å²) in [7, 11) is 0. The van der Waals surface area contributed by atoms with E-state index in [1.807, 2.05) is 19.9 Å². The van der Waals surface area contributed by atoms with Crippen LogP contribution >= 0.6 is 0 Å². The maximum Gasteiger partial charge on any atom is 0.311 e. The quantitative estimate of drug-likeness (QED) is 0.851. The Labute approximate surface area is 92.7 Å². The summed E-state index contributed by atoms with van der Waals surface area (Å²) in [5.41, 5.74) is 2.29. The number of fused-ring (bicyclic) bond motifs is 1. The van der Waals surface area contributed by atoms with Crippen LogP contribution in [0.4, 0.5) is 0 Å². The van der Waals surface area contributed by atoms with Crippen LogP contribution in [0.15, 0.2) is 18.5 Å². The normalized spacial score (nSPS) is 12.9. The molecule has 0 bridgehead atoms. The molecule has 0 radical (unpaired) electrons. The molecule has 16 heavy (non-hydrogen) atoms. The van der Waals surface area contributed by atoms with Crippen molar-refractivity contribution < 1.29 is 9.90 Å². The number of carboxylic acid groups (broad SMARTS) is 1. The second-order valence-electron chi connectivity index (χ2n) is 3.77. The number of hydrogen-bond donors (Lipinski definition) is 1. The van der Waals surface area contributed by atoms with Gasteiger partial charge < -0.3 is 5.11 Å². The Bertz CT molecular complexity index is 533. The molecule has 2 rings (SSSR count). The third-order valence-corrected chi connectivity index (χ3v) is 2.56. The van der Waals surface area contributed by atoms with Gasteiger partial charge in [-0.05, 0) is 13.3 Å². The van der Waals surface area contributed by atoms with Crippen LogP contribution in [0, 0.1) is 6.92 Å². The van der Waals surface area contributed by atoms with Crippen molar-refractivity contribution in [1.82, 2.24) is 14.6 Å². The van der Waals surface area contributed by atoms with Gasteiger partial charge in [-0.3, -0.25) is 4.79 Å². The molecule has 0 aromatic carbocycles. The van der Waals surface area contributed by atoms with E-state index in [0.29, 0.717) is 12.0 Å². The van der Waals surface area contributed by atoms with Gasteiger partial charge in [0, 0.05) is 24.0 Å². The molecular formula is C11H13N3O2. The van der Waals surface area contributed by atoms with Crippen LogP contribution in [0.5, 0.6) is 0 Å². The zero-order valence-corrected chi connectivity index (χ0v) is 9.21. The summed E-state index contributed by atoms with van der Waals surface area (Å²) in [4.78, 5) is 15.2. The lowest BCUT2D eigenvalue weighted by molar-refractivity contribution is -0.138. The summed E-state index contributed by atoms with van der Waals surface area (Å²) in [5.74, 6) is -1.34. The number of nitrogens with zero attached hydrogens (tertiary/aromatic N) is 3. The number of carboxylic acids is 1. The number of hydrogen-bond acceptors (Lipinski definition) is 3. The highest BCUT2D eigenvalue weighted by Gasteiger charge is 2.18. The molecule has 0 aliphatic rings. The average molecular weight is 219 g/mol. The predicted molar refractivity (Wildman–Crippen MR) is 58.4 cm³/mol. The van der Waals surface area contributed by atoms with Gasteiger partial charge in [-0.25, -0.2) is 9.50 Å². The van der Waals surface area contributed by atoms with E-state index in [1.165, 1.54) is 0 Å². The molecule has 1 N–H and O–H groups in total. The van der Waals surface area contributed by atoms with Gasteiger partial charge in [0.25, 0.3) is 0 Å². The molecule has 0 saturated carbocycles. The second kappa shape index (κ2) is 3.92. The summed E-state index contributed by atoms with van der Waals surface area (Å²) in [6.45, 7) is 3.72. The van der Waals surface area contributed by atoms with Crippen LogP contribution in [0.2, 0.25) is 0 Å². The maximum absolute atomic E-state index is 11.0. The lowest BCUT2D eigenvalue weighted by atomic mass is 10.00. The van der Waals surface area contributed by atoms with Gasteiger partial charge in [-0.2, -0.15) is 5.10 Å². The molecule has 5 nitrogen and oxygen atoms in total. The van der Waals surface area contributed by atoms with Gasteiger partial charge in [-0.1, -0.05) is 6.92 Å². The van der Waals surface area contributed by atoms with Crippen molar-refractivity contribution in [1.29, 1.82) is 0 Å². The number of aliphatic carboxylic acids is 1. The summed E-state index contributed by atoms with van der Waals surface area (Å²) in [6.07, 6.45) is 3.89. The van der Waals surface area contributed by atoms with E-state index in [-0.39, 0.29) is 0 Å². The highest BCUT2D eigenvalue weighted by Crippen LogP contribution is 2.19. The molecule has 5 heteroatoms. The zero-order chi connectivity index (χ0) is 11.7. The van der Waals surface area contributed by atoms with E-state index < -0.39 is 11.9 Å². The fourth-order valence-electron chi connectivity index (χ4n) is 1.74. The van der Waals surface area contributed by atoms with E-state index in [4.69, 9.17) is 5.11 Å². The van der Waals surface area contributed by atoms with E-state index in [0.717, 1.165) is 11.3 Å². The van der Waals surface area contributed by atoms with Gasteiger partial charge in [0.15, 0.2) is 5.65 Å². The number of aromatic nitrogens is 3. The molecule has 0 aliphatic carbocycles. The lowest BCUT2D eigenvalue weighted by Gasteiger charge is -2.09. The van der Waals surface area contributed by atoms with Gasteiger partial charge in [0.2, 0.25) is 0 Å². The van der Waals surface area contributed by atoms with Crippen molar-refractivity contribution in [2.45, 2.75) is 26.2 Å². The first-order valence-corrected chi connectivity index (χ1v) is 5.16. The van der Waals surface area contributed by atoms with Crippen molar-refractivity contribution >= 4 is 11.6 Å². The van der Waals surface area contributed by atoms with Crippen LogP contribution in [0.1, 0.15) is 30.5 Å². The van der Waals surface area contributed by atoms with E-state index >= 15 is 0 Å². The van der Waals surface area contributed by atoms with Crippen LogP contribution in [-0.4, -0.2) is 25.7 Å². The van der Waals surface area contributed by atoms with Crippen molar-refractivity contribution in [2.24, 2.45) is 0 Å². The lowest BCUT2D eigenvalue weighted by Crippen LogP contribution is -2.11. The van der Waals surface area contributed by atoms with Crippen molar-refractivity contribution in [3.8, 4) is 0 Å². The van der Waals surface area contributed by atoms with Gasteiger partial charge >= 0.3 is 5.97 Å². The zero-order valence-electron chi connectivity index (χ0n) is 9.21. The third kappa shape index (κ3) is 1.76. The van der Waals surface area contributed by atoms with Crippen LogP contribution < -0.4 is 0 Å². The van der Waals surface area contributed by atoms with Crippen LogP contribution in [0.25, 0.3) is 5.65 Å². The van der Waals surface area contributed by atoms with Gasteiger partial charge in [-0.15, -0.1) is 0 Å². The molecule has 0 fully saturated rings. The third-order valence-electron chi connectivity index (χ3n) is 2.56. The molecule has 84 valence electrons. The van der Waals surface area contributed by atoms with E-state index in [9.17, 15) is 4.79 Å². The molecule has 2 heterocycles. The molecule has 0 saturated heterocycles. The van der Waals surface area contributed by atoms with E-state index in [2.05, 4.69) is 10.1 Å². The minimum absolute atomic E-state index is 0.513. The van der Waals surface area contributed by atoms with Crippen molar-refractivity contribution in [3.05, 3.63) is 29.7 Å². The van der Waals surface area contributed by atoms with Gasteiger partial charge in [0.1, 0.15) is 0 Å². The summed E-state index contributed by atoms with van der Waals surface area (Å²) in [6, 6.07) is 1.85. The topological polar surface area (TPSA) is 67.5 Å². The Hall–Kier alpha value is -1.91. The molecule has 0 spiro atoms. The van der Waals surface area contributed by atoms with Gasteiger partial charge in [0.05, 0.1) is 11.6 Å². The number of carbonyl (C=O) groups is 1. The molecule has 1 unspecified atom stereocenters. The Morgan fingerprint density at radius 1 is 1.62 bits per heavy atom. The molecule has 1 atom stereocenters. The molecule has 0 amide bonds. The Morgan fingerprint density at radius 2 is 2.38 bits per heavy atom. The molecule has 0 aliphatic heterocycles. The predicted octanol–water partition coefficient (Wildman–Crippen LogP) is 1.62. The summed E-state index contributed by atoms with van der Waals surface area (Å²) >= 11 is 0. The first-order chi connectivity index (χ1) is 7.61. The average Bonchev–Trinajstić information content (AvgIpc) is 2.57. The van der Waals surface area contributed by atoms with Crippen LogP contribution in [-0.2, 0) is 4.79 Å². The fraction of sp³-hybridized carbons (Fsp3) is 0.364. The highest BCUT2D eigenvalue weighted by atomic mass is 16.4. The Balaban J connectivity index is 2.48.